The van der Waals surface area contributed by atoms with Gasteiger partial charge in [0.15, 0.2) is 11.6 Å². The van der Waals surface area contributed by atoms with Crippen LogP contribution in [-0.2, 0) is 6.54 Å². The summed E-state index contributed by atoms with van der Waals surface area (Å²) in [6, 6.07) is 8.63. The zero-order chi connectivity index (χ0) is 14.5. The lowest BCUT2D eigenvalue weighted by molar-refractivity contribution is 0.437. The molecule has 5 heteroatoms. The van der Waals surface area contributed by atoms with Gasteiger partial charge in [-0.2, -0.15) is 0 Å². The summed E-state index contributed by atoms with van der Waals surface area (Å²) < 4.78 is 32.6. The number of hydrogen-bond acceptors (Lipinski definition) is 2. The molecule has 2 aromatic rings. The minimum absolute atomic E-state index is 0.00210. The van der Waals surface area contributed by atoms with Crippen molar-refractivity contribution in [1.29, 1.82) is 0 Å². The fourth-order valence-corrected chi connectivity index (χ4v) is 2.18. The number of rotatable bonds is 5. The van der Waals surface area contributed by atoms with Crippen LogP contribution in [-0.4, -0.2) is 6.54 Å². The minimum Gasteiger partial charge on any atom is -0.454 e. The topological polar surface area (TPSA) is 21.3 Å². The van der Waals surface area contributed by atoms with E-state index in [1.165, 1.54) is 6.07 Å². The zero-order valence-electron chi connectivity index (χ0n) is 10.9. The van der Waals surface area contributed by atoms with Crippen LogP contribution in [0.2, 0.25) is 0 Å². The van der Waals surface area contributed by atoms with Crippen molar-refractivity contribution in [3.63, 3.8) is 0 Å². The molecule has 0 aromatic heterocycles. The highest BCUT2D eigenvalue weighted by Crippen LogP contribution is 2.28. The van der Waals surface area contributed by atoms with Crippen LogP contribution in [0.25, 0.3) is 0 Å². The van der Waals surface area contributed by atoms with Gasteiger partial charge in [0.05, 0.1) is 0 Å². The quantitative estimate of drug-likeness (QED) is 0.856. The Bertz CT molecular complexity index is 604. The summed E-state index contributed by atoms with van der Waals surface area (Å²) in [6.07, 6.45) is 0. The molecule has 1 N–H and O–H groups in total. The zero-order valence-corrected chi connectivity index (χ0v) is 12.5. The lowest BCUT2D eigenvalue weighted by atomic mass is 10.2. The highest BCUT2D eigenvalue weighted by molar-refractivity contribution is 9.10. The van der Waals surface area contributed by atoms with Crippen molar-refractivity contribution in [2.75, 3.05) is 6.54 Å². The Balaban J connectivity index is 2.15. The Kier molecular flexibility index (Phi) is 5.09. The number of halogens is 3. The summed E-state index contributed by atoms with van der Waals surface area (Å²) in [5, 5.41) is 3.22. The van der Waals surface area contributed by atoms with Gasteiger partial charge in [-0.3, -0.25) is 0 Å². The Hall–Kier alpha value is -1.46. The van der Waals surface area contributed by atoms with Crippen LogP contribution in [0.5, 0.6) is 11.5 Å². The van der Waals surface area contributed by atoms with Gasteiger partial charge in [-0.05, 0) is 36.4 Å². The third-order valence-corrected chi connectivity index (χ3v) is 3.45. The van der Waals surface area contributed by atoms with Crippen LogP contribution >= 0.6 is 15.9 Å². The molecule has 0 aliphatic heterocycles. The van der Waals surface area contributed by atoms with Gasteiger partial charge in [-0.15, -0.1) is 0 Å². The third-order valence-electron chi connectivity index (χ3n) is 2.71. The van der Waals surface area contributed by atoms with Gasteiger partial charge in [0, 0.05) is 17.1 Å². The minimum atomic E-state index is -0.724. The first-order chi connectivity index (χ1) is 9.60. The average molecular weight is 342 g/mol. The molecule has 0 amide bonds. The second-order valence-corrected chi connectivity index (χ2v) is 5.06. The van der Waals surface area contributed by atoms with Crippen molar-refractivity contribution in [2.24, 2.45) is 0 Å². The van der Waals surface area contributed by atoms with Gasteiger partial charge in [-0.25, -0.2) is 8.78 Å². The van der Waals surface area contributed by atoms with Gasteiger partial charge in [0.2, 0.25) is 0 Å². The van der Waals surface area contributed by atoms with E-state index < -0.39 is 11.6 Å². The van der Waals surface area contributed by atoms with E-state index in [4.69, 9.17) is 4.74 Å². The predicted octanol–water partition coefficient (Wildman–Crippen LogP) is 4.63. The summed E-state index contributed by atoms with van der Waals surface area (Å²) in [6.45, 7) is 3.65. The molecule has 0 fully saturated rings. The molecule has 0 bridgehead atoms. The molecule has 2 rings (SSSR count). The van der Waals surface area contributed by atoms with Crippen molar-refractivity contribution in [3.05, 3.63) is 58.1 Å². The monoisotopic (exact) mass is 341 g/mol. The van der Waals surface area contributed by atoms with Crippen molar-refractivity contribution in [2.45, 2.75) is 13.5 Å². The van der Waals surface area contributed by atoms with E-state index in [2.05, 4.69) is 21.2 Å². The fourth-order valence-electron chi connectivity index (χ4n) is 1.68. The molecule has 106 valence electrons. The summed E-state index contributed by atoms with van der Waals surface area (Å²) in [7, 11) is 0. The van der Waals surface area contributed by atoms with Crippen molar-refractivity contribution in [1.82, 2.24) is 5.32 Å². The van der Waals surface area contributed by atoms with Crippen LogP contribution < -0.4 is 10.1 Å². The average Bonchev–Trinajstić information content (AvgIpc) is 2.41. The van der Waals surface area contributed by atoms with Crippen LogP contribution in [0.3, 0.4) is 0 Å². The normalized spacial score (nSPS) is 10.6. The highest BCUT2D eigenvalue weighted by Gasteiger charge is 2.08. The van der Waals surface area contributed by atoms with E-state index >= 15 is 0 Å². The van der Waals surface area contributed by atoms with E-state index in [0.717, 1.165) is 35.3 Å². The lowest BCUT2D eigenvalue weighted by Crippen LogP contribution is -2.11. The number of nitrogens with one attached hydrogen (secondary N) is 1. The molecule has 0 aliphatic carbocycles. The first-order valence-corrected chi connectivity index (χ1v) is 7.01. The summed E-state index contributed by atoms with van der Waals surface area (Å²) in [4.78, 5) is 0. The molecule has 0 unspecified atom stereocenters. The molecule has 0 saturated carbocycles. The standard InChI is InChI=1S/C15H14BrF2NO/c1-2-19-9-10-3-5-12(8-13(10)16)20-15-6-4-11(17)7-14(15)18/h3-8,19H,2,9H2,1H3. The van der Waals surface area contributed by atoms with Gasteiger partial charge >= 0.3 is 0 Å². The largest absolute Gasteiger partial charge is 0.454 e. The SMILES string of the molecule is CCNCc1ccc(Oc2ccc(F)cc2F)cc1Br. The first-order valence-electron chi connectivity index (χ1n) is 6.22. The Morgan fingerprint density at radius 1 is 1.15 bits per heavy atom. The maximum Gasteiger partial charge on any atom is 0.168 e. The van der Waals surface area contributed by atoms with Gasteiger partial charge < -0.3 is 10.1 Å². The van der Waals surface area contributed by atoms with E-state index in [1.807, 2.05) is 13.0 Å². The molecule has 0 saturated heterocycles. The number of hydrogen-bond donors (Lipinski definition) is 1. The molecule has 0 spiro atoms. The van der Waals surface area contributed by atoms with Crippen LogP contribution in [0, 0.1) is 11.6 Å². The second-order valence-electron chi connectivity index (χ2n) is 4.21. The van der Waals surface area contributed by atoms with Crippen molar-refractivity contribution < 1.29 is 13.5 Å². The predicted molar refractivity (Wildman–Crippen MR) is 78.0 cm³/mol. The smallest absolute Gasteiger partial charge is 0.168 e. The Labute approximate surface area is 124 Å². The second kappa shape index (κ2) is 6.81. The van der Waals surface area contributed by atoms with Crippen LogP contribution in [0.1, 0.15) is 12.5 Å². The van der Waals surface area contributed by atoms with Crippen LogP contribution in [0.4, 0.5) is 8.78 Å². The third kappa shape index (κ3) is 3.77. The maximum absolute atomic E-state index is 13.5. The highest BCUT2D eigenvalue weighted by atomic mass is 79.9. The number of ether oxygens (including phenoxy) is 1. The Morgan fingerprint density at radius 3 is 2.60 bits per heavy atom. The van der Waals surface area contributed by atoms with Crippen molar-refractivity contribution in [3.8, 4) is 11.5 Å². The molecule has 0 aliphatic rings. The summed E-state index contributed by atoms with van der Waals surface area (Å²) in [5.74, 6) is -0.866. The van der Waals surface area contributed by atoms with E-state index in [9.17, 15) is 8.78 Å². The lowest BCUT2D eigenvalue weighted by Gasteiger charge is -2.10. The fraction of sp³-hybridized carbons (Fsp3) is 0.200. The molecule has 0 radical (unpaired) electrons. The van der Waals surface area contributed by atoms with Crippen LogP contribution in [0.15, 0.2) is 40.9 Å². The summed E-state index contributed by atoms with van der Waals surface area (Å²) >= 11 is 3.45. The number of benzene rings is 2. The molecule has 0 atom stereocenters. The van der Waals surface area contributed by atoms with E-state index in [0.29, 0.717) is 5.75 Å². The van der Waals surface area contributed by atoms with Crippen molar-refractivity contribution >= 4 is 15.9 Å². The van der Waals surface area contributed by atoms with Gasteiger partial charge in [0.25, 0.3) is 0 Å². The van der Waals surface area contributed by atoms with E-state index in [-0.39, 0.29) is 5.75 Å². The van der Waals surface area contributed by atoms with Gasteiger partial charge in [0.1, 0.15) is 11.6 Å². The molecular formula is C15H14BrF2NO. The molecule has 2 aromatic carbocycles. The Morgan fingerprint density at radius 2 is 1.95 bits per heavy atom. The van der Waals surface area contributed by atoms with E-state index in [1.54, 1.807) is 12.1 Å². The summed E-state index contributed by atoms with van der Waals surface area (Å²) in [5.41, 5.74) is 1.08. The maximum atomic E-state index is 13.5. The first kappa shape index (κ1) is 14.9. The molecule has 0 heterocycles. The molecular weight excluding hydrogens is 328 g/mol. The van der Waals surface area contributed by atoms with Gasteiger partial charge in [-0.1, -0.05) is 28.9 Å². The molecule has 20 heavy (non-hydrogen) atoms. The molecule has 2 nitrogen and oxygen atoms in total.